The van der Waals surface area contributed by atoms with Crippen LogP contribution in [-0.4, -0.2) is 12.9 Å². The lowest BCUT2D eigenvalue weighted by Gasteiger charge is -2.25. The SMILES string of the molecule is COc1cccc(C(=O)C=Cc2ccc(N(c3ccccc3)c3ccccc3)cc2)c1. The Balaban J connectivity index is 1.57. The highest BCUT2D eigenvalue weighted by atomic mass is 16.5. The Hall–Kier alpha value is -4.11. The molecule has 152 valence electrons. The third-order valence-corrected chi connectivity index (χ3v) is 4.96. The monoisotopic (exact) mass is 405 g/mol. The standard InChI is InChI=1S/C28H23NO2/c1-31-27-14-8-9-23(21-27)28(30)20-17-22-15-18-26(19-16-22)29(24-10-4-2-5-11-24)25-12-6-3-7-13-25/h2-21H,1H3. The molecule has 0 amide bonds. The van der Waals surface area contributed by atoms with Crippen molar-refractivity contribution in [2.45, 2.75) is 0 Å². The predicted octanol–water partition coefficient (Wildman–Crippen LogP) is 7.06. The average molecular weight is 405 g/mol. The maximum absolute atomic E-state index is 12.5. The zero-order chi connectivity index (χ0) is 21.5. The molecule has 4 rings (SSSR count). The number of hydrogen-bond donors (Lipinski definition) is 0. The van der Waals surface area contributed by atoms with Crippen LogP contribution in [0.4, 0.5) is 17.1 Å². The first-order valence-corrected chi connectivity index (χ1v) is 10.1. The quantitative estimate of drug-likeness (QED) is 0.243. The first-order chi connectivity index (χ1) is 15.2. The number of benzene rings is 4. The smallest absolute Gasteiger partial charge is 0.185 e. The zero-order valence-corrected chi connectivity index (χ0v) is 17.3. The van der Waals surface area contributed by atoms with Crippen molar-refractivity contribution in [1.82, 2.24) is 0 Å². The van der Waals surface area contributed by atoms with Gasteiger partial charge in [-0.1, -0.05) is 66.7 Å². The van der Waals surface area contributed by atoms with Crippen LogP contribution in [0.2, 0.25) is 0 Å². The van der Waals surface area contributed by atoms with Crippen LogP contribution in [-0.2, 0) is 0 Å². The van der Waals surface area contributed by atoms with Crippen LogP contribution in [0.1, 0.15) is 15.9 Å². The maximum atomic E-state index is 12.5. The third-order valence-electron chi connectivity index (χ3n) is 4.96. The lowest BCUT2D eigenvalue weighted by Crippen LogP contribution is -2.09. The predicted molar refractivity (Wildman–Crippen MR) is 127 cm³/mol. The van der Waals surface area contributed by atoms with E-state index in [-0.39, 0.29) is 5.78 Å². The summed E-state index contributed by atoms with van der Waals surface area (Å²) in [5.74, 6) is 0.615. The van der Waals surface area contributed by atoms with Crippen molar-refractivity contribution < 1.29 is 9.53 Å². The summed E-state index contributed by atoms with van der Waals surface area (Å²) >= 11 is 0. The molecule has 4 aromatic rings. The normalized spacial score (nSPS) is 10.7. The van der Waals surface area contributed by atoms with Crippen molar-refractivity contribution in [2.75, 3.05) is 12.0 Å². The van der Waals surface area contributed by atoms with Gasteiger partial charge in [0.2, 0.25) is 0 Å². The van der Waals surface area contributed by atoms with E-state index in [0.29, 0.717) is 11.3 Å². The van der Waals surface area contributed by atoms with Crippen molar-refractivity contribution in [3.63, 3.8) is 0 Å². The van der Waals surface area contributed by atoms with E-state index in [4.69, 9.17) is 4.74 Å². The van der Waals surface area contributed by atoms with Gasteiger partial charge in [-0.15, -0.1) is 0 Å². The lowest BCUT2D eigenvalue weighted by molar-refractivity contribution is 0.104. The summed E-state index contributed by atoms with van der Waals surface area (Å²) in [6.45, 7) is 0. The van der Waals surface area contributed by atoms with E-state index in [0.717, 1.165) is 22.6 Å². The minimum absolute atomic E-state index is 0.0572. The number of allylic oxidation sites excluding steroid dienone is 1. The summed E-state index contributed by atoms with van der Waals surface area (Å²) in [4.78, 5) is 14.7. The molecule has 0 bridgehead atoms. The van der Waals surface area contributed by atoms with Crippen LogP contribution in [0.25, 0.3) is 6.08 Å². The molecule has 0 saturated heterocycles. The summed E-state index contributed by atoms with van der Waals surface area (Å²) in [7, 11) is 1.59. The maximum Gasteiger partial charge on any atom is 0.185 e. The van der Waals surface area contributed by atoms with Crippen molar-refractivity contribution in [3.8, 4) is 5.75 Å². The topological polar surface area (TPSA) is 29.5 Å². The van der Waals surface area contributed by atoms with Crippen molar-refractivity contribution >= 4 is 28.9 Å². The fraction of sp³-hybridized carbons (Fsp3) is 0.0357. The second kappa shape index (κ2) is 9.59. The number of ketones is 1. The van der Waals surface area contributed by atoms with Gasteiger partial charge >= 0.3 is 0 Å². The first-order valence-electron chi connectivity index (χ1n) is 10.1. The van der Waals surface area contributed by atoms with Crippen LogP contribution in [0, 0.1) is 0 Å². The highest BCUT2D eigenvalue weighted by Gasteiger charge is 2.11. The Labute approximate surface area is 182 Å². The number of hydrogen-bond acceptors (Lipinski definition) is 3. The van der Waals surface area contributed by atoms with E-state index in [9.17, 15) is 4.79 Å². The van der Waals surface area contributed by atoms with Gasteiger partial charge in [0.25, 0.3) is 0 Å². The van der Waals surface area contributed by atoms with Gasteiger partial charge in [-0.25, -0.2) is 0 Å². The van der Waals surface area contributed by atoms with Crippen molar-refractivity contribution in [1.29, 1.82) is 0 Å². The van der Waals surface area contributed by atoms with Gasteiger partial charge in [0, 0.05) is 22.6 Å². The fourth-order valence-electron chi connectivity index (χ4n) is 3.38. The molecule has 0 spiro atoms. The number of nitrogens with zero attached hydrogens (tertiary/aromatic N) is 1. The molecular formula is C28H23NO2. The van der Waals surface area contributed by atoms with E-state index in [2.05, 4.69) is 41.3 Å². The molecule has 4 aromatic carbocycles. The number of anilines is 3. The minimum atomic E-state index is -0.0572. The molecule has 3 nitrogen and oxygen atoms in total. The average Bonchev–Trinajstić information content (AvgIpc) is 2.85. The van der Waals surface area contributed by atoms with Crippen molar-refractivity contribution in [3.05, 3.63) is 126 Å². The summed E-state index contributed by atoms with van der Waals surface area (Å²) in [5.41, 5.74) is 4.79. The molecule has 0 unspecified atom stereocenters. The molecule has 0 atom stereocenters. The van der Waals surface area contributed by atoms with Gasteiger partial charge in [-0.05, 0) is 60.2 Å². The van der Waals surface area contributed by atoms with Gasteiger partial charge in [-0.3, -0.25) is 4.79 Å². The van der Waals surface area contributed by atoms with E-state index in [1.165, 1.54) is 0 Å². The molecular weight excluding hydrogens is 382 g/mol. The second-order valence-electron chi connectivity index (χ2n) is 7.03. The molecule has 0 aliphatic rings. The summed E-state index contributed by atoms with van der Waals surface area (Å²) in [6, 6.07) is 35.9. The summed E-state index contributed by atoms with van der Waals surface area (Å²) < 4.78 is 5.20. The number of carbonyl (C=O) groups excluding carboxylic acids is 1. The van der Waals surface area contributed by atoms with E-state index in [1.54, 1.807) is 25.3 Å². The Morgan fingerprint density at radius 2 is 1.29 bits per heavy atom. The van der Waals surface area contributed by atoms with Crippen molar-refractivity contribution in [2.24, 2.45) is 0 Å². The van der Waals surface area contributed by atoms with Crippen LogP contribution in [0.3, 0.4) is 0 Å². The number of para-hydroxylation sites is 2. The molecule has 0 N–H and O–H groups in total. The largest absolute Gasteiger partial charge is 0.497 e. The number of methoxy groups -OCH3 is 1. The lowest BCUT2D eigenvalue weighted by atomic mass is 10.1. The molecule has 0 aromatic heterocycles. The van der Waals surface area contributed by atoms with Gasteiger partial charge in [0.1, 0.15) is 5.75 Å². The van der Waals surface area contributed by atoms with Crippen LogP contribution in [0.15, 0.2) is 115 Å². The van der Waals surface area contributed by atoms with E-state index in [1.807, 2.05) is 66.7 Å². The Kier molecular flexibility index (Phi) is 6.24. The highest BCUT2D eigenvalue weighted by molar-refractivity contribution is 6.07. The number of ether oxygens (including phenoxy) is 1. The van der Waals surface area contributed by atoms with Gasteiger partial charge < -0.3 is 9.64 Å². The molecule has 0 aliphatic carbocycles. The first kappa shape index (κ1) is 20.2. The molecule has 3 heteroatoms. The van der Waals surface area contributed by atoms with E-state index < -0.39 is 0 Å². The van der Waals surface area contributed by atoms with Gasteiger partial charge in [0.15, 0.2) is 5.78 Å². The zero-order valence-electron chi connectivity index (χ0n) is 17.3. The van der Waals surface area contributed by atoms with Crippen LogP contribution >= 0.6 is 0 Å². The third kappa shape index (κ3) is 4.90. The number of rotatable bonds is 7. The molecule has 0 saturated carbocycles. The van der Waals surface area contributed by atoms with Crippen LogP contribution < -0.4 is 9.64 Å². The Morgan fingerprint density at radius 3 is 1.87 bits per heavy atom. The Bertz CT molecular complexity index is 1130. The van der Waals surface area contributed by atoms with Gasteiger partial charge in [0.05, 0.1) is 7.11 Å². The molecule has 31 heavy (non-hydrogen) atoms. The highest BCUT2D eigenvalue weighted by Crippen LogP contribution is 2.34. The molecule has 0 radical (unpaired) electrons. The second-order valence-corrected chi connectivity index (χ2v) is 7.03. The Morgan fingerprint density at radius 1 is 0.710 bits per heavy atom. The van der Waals surface area contributed by atoms with Crippen LogP contribution in [0.5, 0.6) is 5.75 Å². The number of carbonyl (C=O) groups is 1. The molecule has 0 fully saturated rings. The minimum Gasteiger partial charge on any atom is -0.497 e. The summed E-state index contributed by atoms with van der Waals surface area (Å²) in [5, 5.41) is 0. The van der Waals surface area contributed by atoms with Gasteiger partial charge in [-0.2, -0.15) is 0 Å². The summed E-state index contributed by atoms with van der Waals surface area (Å²) in [6.07, 6.45) is 3.43. The molecule has 0 aliphatic heterocycles. The fourth-order valence-corrected chi connectivity index (χ4v) is 3.38. The molecule has 0 heterocycles. The van der Waals surface area contributed by atoms with E-state index >= 15 is 0 Å².